The van der Waals surface area contributed by atoms with Crippen molar-refractivity contribution >= 4 is 38.0 Å². The fraction of sp³-hybridized carbons (Fsp3) is 0. The molecular weight excluding hydrogens is 303 g/mol. The molecule has 2 aromatic carbocycles. The van der Waals surface area contributed by atoms with E-state index in [9.17, 15) is 9.18 Å². The van der Waals surface area contributed by atoms with Crippen molar-refractivity contribution in [2.45, 2.75) is 0 Å². The van der Waals surface area contributed by atoms with Gasteiger partial charge in [0.15, 0.2) is 0 Å². The summed E-state index contributed by atoms with van der Waals surface area (Å²) in [5.74, 6) is -0.341. The highest BCUT2D eigenvalue weighted by atomic mass is 32.1. The molecule has 0 unspecified atom stereocenters. The predicted octanol–water partition coefficient (Wildman–Crippen LogP) is 3.19. The van der Waals surface area contributed by atoms with E-state index in [1.165, 1.54) is 28.0 Å². The van der Waals surface area contributed by atoms with Crippen molar-refractivity contribution in [1.29, 1.82) is 0 Å². The molecule has 0 saturated carbocycles. The highest BCUT2D eigenvalue weighted by Gasteiger charge is 2.10. The minimum atomic E-state index is -0.341. The van der Waals surface area contributed by atoms with Gasteiger partial charge in [-0.1, -0.05) is 29.5 Å². The summed E-state index contributed by atoms with van der Waals surface area (Å²) in [4.78, 5) is 17.3. The molecule has 0 spiro atoms. The standard InChI is InChI=1S/C15H9FN4OS/c16-9-4-3-5-10(8-9)17-14-19-20-13(21)11-6-1-2-7-12(11)18-15(20)22-14/h1-8H,(H,17,19). The third-order valence-corrected chi connectivity index (χ3v) is 4.00. The highest BCUT2D eigenvalue weighted by molar-refractivity contribution is 7.20. The van der Waals surface area contributed by atoms with Gasteiger partial charge in [-0.2, -0.15) is 4.52 Å². The Morgan fingerprint density at radius 2 is 2.00 bits per heavy atom. The molecule has 4 rings (SSSR count). The van der Waals surface area contributed by atoms with Crippen LogP contribution in [-0.4, -0.2) is 14.6 Å². The summed E-state index contributed by atoms with van der Waals surface area (Å²) >= 11 is 1.23. The molecule has 0 radical (unpaired) electrons. The lowest BCUT2D eigenvalue weighted by Crippen LogP contribution is -2.15. The second kappa shape index (κ2) is 4.88. The van der Waals surface area contributed by atoms with Gasteiger partial charge in [0.05, 0.1) is 10.9 Å². The number of fused-ring (bicyclic) bond motifs is 2. The van der Waals surface area contributed by atoms with Crippen molar-refractivity contribution in [1.82, 2.24) is 14.6 Å². The fourth-order valence-corrected chi connectivity index (χ4v) is 3.01. The van der Waals surface area contributed by atoms with Crippen molar-refractivity contribution in [2.75, 3.05) is 5.32 Å². The molecule has 108 valence electrons. The van der Waals surface area contributed by atoms with Crippen LogP contribution >= 0.6 is 11.3 Å². The lowest BCUT2D eigenvalue weighted by molar-refractivity contribution is 0.628. The van der Waals surface area contributed by atoms with Crippen molar-refractivity contribution in [3.8, 4) is 0 Å². The highest BCUT2D eigenvalue weighted by Crippen LogP contribution is 2.23. The topological polar surface area (TPSA) is 59.3 Å². The minimum absolute atomic E-state index is 0.218. The Labute approximate surface area is 127 Å². The lowest BCUT2D eigenvalue weighted by atomic mass is 10.2. The van der Waals surface area contributed by atoms with Crippen molar-refractivity contribution < 1.29 is 4.39 Å². The van der Waals surface area contributed by atoms with Gasteiger partial charge >= 0.3 is 0 Å². The smallest absolute Gasteiger partial charge is 0.283 e. The zero-order valence-corrected chi connectivity index (χ0v) is 12.0. The molecule has 0 bridgehead atoms. The van der Waals surface area contributed by atoms with E-state index in [0.717, 1.165) is 0 Å². The van der Waals surface area contributed by atoms with Gasteiger partial charge in [0.25, 0.3) is 5.56 Å². The van der Waals surface area contributed by atoms with Gasteiger partial charge in [-0.05, 0) is 30.3 Å². The number of benzene rings is 2. The molecule has 4 aromatic rings. The number of nitrogens with zero attached hydrogens (tertiary/aromatic N) is 3. The van der Waals surface area contributed by atoms with Crippen LogP contribution in [0.15, 0.2) is 53.3 Å². The summed E-state index contributed by atoms with van der Waals surface area (Å²) in [7, 11) is 0. The second-order valence-electron chi connectivity index (χ2n) is 4.67. The molecular formula is C15H9FN4OS. The fourth-order valence-electron chi connectivity index (χ4n) is 2.20. The summed E-state index contributed by atoms with van der Waals surface area (Å²) in [6, 6.07) is 13.2. The van der Waals surface area contributed by atoms with Gasteiger partial charge < -0.3 is 5.32 Å². The maximum absolute atomic E-state index is 13.2. The predicted molar refractivity (Wildman–Crippen MR) is 84.3 cm³/mol. The van der Waals surface area contributed by atoms with E-state index in [1.54, 1.807) is 30.3 Å². The number of aromatic nitrogens is 3. The molecule has 1 N–H and O–H groups in total. The van der Waals surface area contributed by atoms with E-state index in [2.05, 4.69) is 15.4 Å². The van der Waals surface area contributed by atoms with Crippen LogP contribution in [0.2, 0.25) is 0 Å². The molecule has 0 atom stereocenters. The van der Waals surface area contributed by atoms with E-state index in [0.29, 0.717) is 26.7 Å². The van der Waals surface area contributed by atoms with Crippen LogP contribution in [0, 0.1) is 5.82 Å². The Morgan fingerprint density at radius 3 is 2.86 bits per heavy atom. The third kappa shape index (κ3) is 2.11. The number of rotatable bonds is 2. The van der Waals surface area contributed by atoms with Crippen LogP contribution < -0.4 is 10.9 Å². The summed E-state index contributed by atoms with van der Waals surface area (Å²) in [5.41, 5.74) is 0.981. The Kier molecular flexibility index (Phi) is 2.87. The van der Waals surface area contributed by atoms with E-state index < -0.39 is 0 Å². The molecule has 0 aliphatic carbocycles. The van der Waals surface area contributed by atoms with E-state index in [4.69, 9.17) is 0 Å². The number of halogens is 1. The Bertz CT molecular complexity index is 1060. The number of anilines is 2. The maximum atomic E-state index is 13.2. The largest absolute Gasteiger partial charge is 0.330 e. The van der Waals surface area contributed by atoms with Crippen LogP contribution in [0.4, 0.5) is 15.2 Å². The summed E-state index contributed by atoms with van der Waals surface area (Å²) in [6.45, 7) is 0. The minimum Gasteiger partial charge on any atom is -0.330 e. The average molecular weight is 312 g/mol. The molecule has 0 aliphatic rings. The monoisotopic (exact) mass is 312 g/mol. The van der Waals surface area contributed by atoms with Crippen LogP contribution in [0.3, 0.4) is 0 Å². The number of hydrogen-bond acceptors (Lipinski definition) is 5. The molecule has 0 saturated heterocycles. The molecule has 2 aromatic heterocycles. The first-order chi connectivity index (χ1) is 10.7. The number of para-hydroxylation sites is 1. The quantitative estimate of drug-likeness (QED) is 0.617. The summed E-state index contributed by atoms with van der Waals surface area (Å²) < 4.78 is 14.5. The molecule has 7 heteroatoms. The van der Waals surface area contributed by atoms with Crippen molar-refractivity contribution in [2.24, 2.45) is 0 Å². The van der Waals surface area contributed by atoms with Crippen LogP contribution in [0.1, 0.15) is 0 Å². The Balaban J connectivity index is 1.85. The number of hydrogen-bond donors (Lipinski definition) is 1. The Hall–Kier alpha value is -2.80. The maximum Gasteiger partial charge on any atom is 0.283 e. The zero-order chi connectivity index (χ0) is 15.1. The van der Waals surface area contributed by atoms with Gasteiger partial charge in [0.1, 0.15) is 5.82 Å². The van der Waals surface area contributed by atoms with Gasteiger partial charge in [-0.3, -0.25) is 4.79 Å². The van der Waals surface area contributed by atoms with E-state index >= 15 is 0 Å². The first-order valence-corrected chi connectivity index (χ1v) is 7.33. The first kappa shape index (κ1) is 12.9. The van der Waals surface area contributed by atoms with Crippen LogP contribution in [-0.2, 0) is 0 Å². The van der Waals surface area contributed by atoms with E-state index in [-0.39, 0.29) is 11.4 Å². The van der Waals surface area contributed by atoms with E-state index in [1.807, 2.05) is 6.07 Å². The first-order valence-electron chi connectivity index (χ1n) is 6.52. The van der Waals surface area contributed by atoms with Crippen molar-refractivity contribution in [3.63, 3.8) is 0 Å². The van der Waals surface area contributed by atoms with Gasteiger partial charge in [0, 0.05) is 5.69 Å². The van der Waals surface area contributed by atoms with Gasteiger partial charge in [0.2, 0.25) is 10.1 Å². The molecule has 0 aliphatic heterocycles. The van der Waals surface area contributed by atoms with Crippen LogP contribution in [0.5, 0.6) is 0 Å². The molecule has 22 heavy (non-hydrogen) atoms. The number of nitrogens with one attached hydrogen (secondary N) is 1. The second-order valence-corrected chi connectivity index (χ2v) is 5.63. The molecule has 2 heterocycles. The summed E-state index contributed by atoms with van der Waals surface area (Å²) in [6.07, 6.45) is 0. The normalized spacial score (nSPS) is 11.1. The summed E-state index contributed by atoms with van der Waals surface area (Å²) in [5, 5.41) is 8.19. The molecule has 0 fully saturated rings. The molecule has 0 amide bonds. The third-order valence-electron chi connectivity index (χ3n) is 3.18. The van der Waals surface area contributed by atoms with Crippen molar-refractivity contribution in [3.05, 3.63) is 64.7 Å². The lowest BCUT2D eigenvalue weighted by Gasteiger charge is -2.00. The van der Waals surface area contributed by atoms with Gasteiger partial charge in [-0.15, -0.1) is 5.10 Å². The zero-order valence-electron chi connectivity index (χ0n) is 11.2. The SMILES string of the molecule is O=c1c2ccccc2nc2sc(Nc3cccc(F)c3)nn12. The van der Waals surface area contributed by atoms with Gasteiger partial charge in [-0.25, -0.2) is 9.37 Å². The molecule has 5 nitrogen and oxygen atoms in total. The Morgan fingerprint density at radius 1 is 1.14 bits per heavy atom. The average Bonchev–Trinajstić information content (AvgIpc) is 2.90. The van der Waals surface area contributed by atoms with Crippen LogP contribution in [0.25, 0.3) is 15.9 Å².